The molecule has 0 spiro atoms. The average Bonchev–Trinajstić information content (AvgIpc) is 2.55. The smallest absolute Gasteiger partial charge is 0.166 e. The number of hydrogen-bond donors (Lipinski definition) is 2. The Morgan fingerprint density at radius 3 is 2.12 bits per heavy atom. The predicted molar refractivity (Wildman–Crippen MR) is 103 cm³/mol. The molecule has 0 aromatic heterocycles. The van der Waals surface area contributed by atoms with E-state index in [2.05, 4.69) is 45.0 Å². The second-order valence-electron chi connectivity index (χ2n) is 8.62. The molecule has 2 aromatic carbocycles. The van der Waals surface area contributed by atoms with Crippen LogP contribution in [0.4, 0.5) is 4.39 Å². The maximum absolute atomic E-state index is 14.2. The highest BCUT2D eigenvalue weighted by Gasteiger charge is 2.37. The predicted octanol–water partition coefficient (Wildman–Crippen LogP) is 5.66. The van der Waals surface area contributed by atoms with E-state index in [0.29, 0.717) is 11.1 Å². The van der Waals surface area contributed by atoms with Crippen molar-refractivity contribution < 1.29 is 14.7 Å². The van der Waals surface area contributed by atoms with Crippen molar-refractivity contribution in [2.45, 2.75) is 58.3 Å². The molecular formula is C22H26FNO2. The summed E-state index contributed by atoms with van der Waals surface area (Å²) in [7, 11) is 0. The molecule has 0 saturated heterocycles. The number of nitrogens with zero attached hydrogens (tertiary/aromatic N) is 1. The summed E-state index contributed by atoms with van der Waals surface area (Å²) in [6.07, 6.45) is 3.36. The number of benzene rings is 2. The standard InChI is InChI=1S/C22H26FNO2/c1-13-8-17-18(22(4,5)7-6-21(17,2)3)11-15(13)16-9-14(12-24-26)10-19(23)20(16)25/h8-12,25-26H,6-7H2,1-5H3. The fourth-order valence-corrected chi connectivity index (χ4v) is 3.98. The fraction of sp³-hybridized carbons (Fsp3) is 0.409. The second kappa shape index (κ2) is 6.11. The third-order valence-corrected chi connectivity index (χ3v) is 5.78. The number of aromatic hydroxyl groups is 1. The van der Waals surface area contributed by atoms with Crippen molar-refractivity contribution in [1.82, 2.24) is 0 Å². The number of phenols is 1. The van der Waals surface area contributed by atoms with Gasteiger partial charge in [0.15, 0.2) is 11.6 Å². The maximum Gasteiger partial charge on any atom is 0.166 e. The van der Waals surface area contributed by atoms with E-state index in [1.54, 1.807) is 6.07 Å². The van der Waals surface area contributed by atoms with Crippen LogP contribution in [0.15, 0.2) is 29.4 Å². The maximum atomic E-state index is 14.2. The van der Waals surface area contributed by atoms with Crippen molar-refractivity contribution >= 4 is 6.21 Å². The van der Waals surface area contributed by atoms with Gasteiger partial charge in [-0.15, -0.1) is 0 Å². The molecule has 1 aliphatic rings. The van der Waals surface area contributed by atoms with E-state index < -0.39 is 5.82 Å². The molecule has 0 amide bonds. The van der Waals surface area contributed by atoms with Crippen LogP contribution < -0.4 is 0 Å². The van der Waals surface area contributed by atoms with E-state index in [-0.39, 0.29) is 16.6 Å². The van der Waals surface area contributed by atoms with Crippen LogP contribution in [0.3, 0.4) is 0 Å². The van der Waals surface area contributed by atoms with E-state index in [1.807, 2.05) is 6.92 Å². The van der Waals surface area contributed by atoms with E-state index >= 15 is 0 Å². The fourth-order valence-electron chi connectivity index (χ4n) is 3.98. The SMILES string of the molecule is Cc1cc2c(cc1-c1cc(C=NO)cc(F)c1O)C(C)(C)CCC2(C)C. The number of fused-ring (bicyclic) bond motifs is 1. The molecule has 0 fully saturated rings. The Hall–Kier alpha value is -2.36. The van der Waals surface area contributed by atoms with E-state index in [4.69, 9.17) is 5.21 Å². The van der Waals surface area contributed by atoms with Crippen molar-refractivity contribution in [2.75, 3.05) is 0 Å². The zero-order chi connectivity index (χ0) is 19.3. The lowest BCUT2D eigenvalue weighted by atomic mass is 9.62. The Labute approximate surface area is 154 Å². The highest BCUT2D eigenvalue weighted by atomic mass is 19.1. The molecule has 0 saturated carbocycles. The lowest BCUT2D eigenvalue weighted by Crippen LogP contribution is -2.34. The Kier molecular flexibility index (Phi) is 4.33. The minimum atomic E-state index is -0.728. The van der Waals surface area contributed by atoms with Crippen LogP contribution in [-0.4, -0.2) is 16.5 Å². The van der Waals surface area contributed by atoms with Gasteiger partial charge in [-0.1, -0.05) is 38.9 Å². The summed E-state index contributed by atoms with van der Waals surface area (Å²) in [5.41, 5.74) is 5.28. The van der Waals surface area contributed by atoms with Crippen LogP contribution in [0.5, 0.6) is 5.75 Å². The number of hydrogen-bond acceptors (Lipinski definition) is 3. The molecule has 0 unspecified atom stereocenters. The molecule has 0 aliphatic heterocycles. The molecule has 3 nitrogen and oxygen atoms in total. The largest absolute Gasteiger partial charge is 0.504 e. The highest BCUT2D eigenvalue weighted by Crippen LogP contribution is 2.48. The second-order valence-corrected chi connectivity index (χ2v) is 8.62. The molecule has 0 radical (unpaired) electrons. The third kappa shape index (κ3) is 2.98. The van der Waals surface area contributed by atoms with Crippen LogP contribution in [-0.2, 0) is 10.8 Å². The van der Waals surface area contributed by atoms with Gasteiger partial charge in [0.2, 0.25) is 0 Å². The van der Waals surface area contributed by atoms with Crippen molar-refractivity contribution in [3.63, 3.8) is 0 Å². The number of oxime groups is 1. The monoisotopic (exact) mass is 355 g/mol. The van der Waals surface area contributed by atoms with Crippen molar-refractivity contribution in [3.8, 4) is 16.9 Å². The molecule has 138 valence electrons. The van der Waals surface area contributed by atoms with Gasteiger partial charge in [-0.25, -0.2) is 4.39 Å². The summed E-state index contributed by atoms with van der Waals surface area (Å²) >= 11 is 0. The lowest BCUT2D eigenvalue weighted by Gasteiger charge is -2.42. The summed E-state index contributed by atoms with van der Waals surface area (Å²) in [6.45, 7) is 11.0. The highest BCUT2D eigenvalue weighted by molar-refractivity contribution is 5.85. The van der Waals surface area contributed by atoms with Gasteiger partial charge >= 0.3 is 0 Å². The van der Waals surface area contributed by atoms with E-state index in [9.17, 15) is 9.50 Å². The number of aryl methyl sites for hydroxylation is 1. The first-order valence-corrected chi connectivity index (χ1v) is 8.93. The van der Waals surface area contributed by atoms with Crippen molar-refractivity contribution in [1.29, 1.82) is 0 Å². The van der Waals surface area contributed by atoms with Gasteiger partial charge in [0, 0.05) is 5.56 Å². The van der Waals surface area contributed by atoms with Gasteiger partial charge in [0.05, 0.1) is 6.21 Å². The van der Waals surface area contributed by atoms with Crippen LogP contribution in [0.25, 0.3) is 11.1 Å². The molecule has 26 heavy (non-hydrogen) atoms. The topological polar surface area (TPSA) is 52.8 Å². The minimum absolute atomic E-state index is 0.0195. The van der Waals surface area contributed by atoms with Crippen molar-refractivity contribution in [3.05, 3.63) is 52.3 Å². The summed E-state index contributed by atoms with van der Waals surface area (Å²) in [5, 5.41) is 22.1. The van der Waals surface area contributed by atoms with Gasteiger partial charge in [-0.05, 0) is 76.6 Å². The van der Waals surface area contributed by atoms with Crippen LogP contribution >= 0.6 is 0 Å². The lowest BCUT2D eigenvalue weighted by molar-refractivity contribution is 0.322. The molecule has 3 rings (SSSR count). The summed E-state index contributed by atoms with van der Waals surface area (Å²) in [5.74, 6) is -1.11. The molecule has 0 bridgehead atoms. The minimum Gasteiger partial charge on any atom is -0.504 e. The summed E-state index contributed by atoms with van der Waals surface area (Å²) in [4.78, 5) is 0. The number of phenolic OH excluding ortho intramolecular Hbond substituents is 1. The molecule has 2 aromatic rings. The van der Waals surface area contributed by atoms with Crippen LogP contribution in [0.2, 0.25) is 0 Å². The Bertz CT molecular complexity index is 898. The zero-order valence-corrected chi connectivity index (χ0v) is 16.0. The number of rotatable bonds is 2. The number of halogens is 1. The normalized spacial score (nSPS) is 18.1. The first kappa shape index (κ1) is 18.4. The van der Waals surface area contributed by atoms with Crippen molar-refractivity contribution in [2.24, 2.45) is 5.16 Å². The van der Waals surface area contributed by atoms with Crippen LogP contribution in [0, 0.1) is 12.7 Å². The van der Waals surface area contributed by atoms with Gasteiger partial charge in [-0.3, -0.25) is 0 Å². The van der Waals surface area contributed by atoms with Gasteiger partial charge < -0.3 is 10.3 Å². The summed E-state index contributed by atoms with van der Waals surface area (Å²) in [6, 6.07) is 7.07. The molecule has 4 heteroatoms. The Morgan fingerprint density at radius 1 is 0.962 bits per heavy atom. The molecular weight excluding hydrogens is 329 g/mol. The quantitative estimate of drug-likeness (QED) is 0.415. The van der Waals surface area contributed by atoms with E-state index in [0.717, 1.165) is 36.2 Å². The molecule has 0 heterocycles. The average molecular weight is 355 g/mol. The first-order chi connectivity index (χ1) is 12.1. The molecule has 2 N–H and O–H groups in total. The van der Waals surface area contributed by atoms with Gasteiger partial charge in [-0.2, -0.15) is 0 Å². The van der Waals surface area contributed by atoms with Crippen LogP contribution in [0.1, 0.15) is 62.8 Å². The Balaban J connectivity index is 2.29. The Morgan fingerprint density at radius 2 is 1.54 bits per heavy atom. The van der Waals surface area contributed by atoms with Gasteiger partial charge in [0.1, 0.15) is 0 Å². The van der Waals surface area contributed by atoms with Gasteiger partial charge in [0.25, 0.3) is 0 Å². The third-order valence-electron chi connectivity index (χ3n) is 5.78. The summed E-state index contributed by atoms with van der Waals surface area (Å²) < 4.78 is 14.2. The van der Waals surface area contributed by atoms with E-state index in [1.165, 1.54) is 11.1 Å². The zero-order valence-electron chi connectivity index (χ0n) is 16.0. The molecule has 1 aliphatic carbocycles. The first-order valence-electron chi connectivity index (χ1n) is 8.93. The molecule has 0 atom stereocenters.